The predicted octanol–water partition coefficient (Wildman–Crippen LogP) is 2.42. The van der Waals surface area contributed by atoms with Gasteiger partial charge in [0.25, 0.3) is 6.43 Å². The molecule has 1 aliphatic carbocycles. The van der Waals surface area contributed by atoms with Crippen molar-refractivity contribution in [3.8, 4) is 0 Å². The van der Waals surface area contributed by atoms with Gasteiger partial charge in [0.05, 0.1) is 0 Å². The molecule has 0 aromatic carbocycles. The Morgan fingerprint density at radius 2 is 2.31 bits per heavy atom. The summed E-state index contributed by atoms with van der Waals surface area (Å²) in [5, 5.41) is 3.90. The molecule has 4 heteroatoms. The minimum Gasteiger partial charge on any atom is -0.264 e. The van der Waals surface area contributed by atoms with E-state index >= 15 is 0 Å². The van der Waals surface area contributed by atoms with Gasteiger partial charge in [0.2, 0.25) is 0 Å². The summed E-state index contributed by atoms with van der Waals surface area (Å²) >= 11 is 0. The first-order chi connectivity index (χ1) is 6.27. The second-order valence-electron chi connectivity index (χ2n) is 3.46. The van der Waals surface area contributed by atoms with E-state index in [9.17, 15) is 8.78 Å². The zero-order valence-electron chi connectivity index (χ0n) is 7.29. The zero-order chi connectivity index (χ0) is 9.26. The van der Waals surface area contributed by atoms with E-state index in [-0.39, 0.29) is 6.54 Å². The van der Waals surface area contributed by atoms with Crippen LogP contribution >= 0.6 is 0 Å². The maximum Gasteiger partial charge on any atom is 0.257 e. The summed E-state index contributed by atoms with van der Waals surface area (Å²) in [7, 11) is 0. The summed E-state index contributed by atoms with van der Waals surface area (Å²) in [6, 6.07) is 1.85. The van der Waals surface area contributed by atoms with E-state index in [0.29, 0.717) is 5.92 Å². The number of halogens is 2. The van der Waals surface area contributed by atoms with Crippen LogP contribution in [-0.4, -0.2) is 16.2 Å². The summed E-state index contributed by atoms with van der Waals surface area (Å²) in [5.74, 6) is 0.473. The third-order valence-corrected chi connectivity index (χ3v) is 2.58. The van der Waals surface area contributed by atoms with Crippen molar-refractivity contribution in [1.82, 2.24) is 9.78 Å². The van der Waals surface area contributed by atoms with E-state index in [2.05, 4.69) is 5.10 Å². The standard InChI is InChI=1S/C9H12F2N2/c10-9(11)6-13-8(4-5-12-13)7-2-1-3-7/h4-5,7,9H,1-3,6H2. The highest BCUT2D eigenvalue weighted by Gasteiger charge is 2.23. The average Bonchev–Trinajstić information content (AvgIpc) is 2.32. The fraction of sp³-hybridized carbons (Fsp3) is 0.667. The molecule has 0 amide bonds. The van der Waals surface area contributed by atoms with Gasteiger partial charge >= 0.3 is 0 Å². The van der Waals surface area contributed by atoms with Crippen LogP contribution < -0.4 is 0 Å². The fourth-order valence-corrected chi connectivity index (χ4v) is 1.68. The molecule has 1 fully saturated rings. The Morgan fingerprint density at radius 3 is 2.85 bits per heavy atom. The molecule has 0 spiro atoms. The molecule has 1 aromatic heterocycles. The highest BCUT2D eigenvalue weighted by molar-refractivity contribution is 5.10. The molecule has 2 rings (SSSR count). The summed E-state index contributed by atoms with van der Waals surface area (Å²) < 4.78 is 25.6. The maximum absolute atomic E-state index is 12.1. The first-order valence-corrected chi connectivity index (χ1v) is 4.57. The van der Waals surface area contributed by atoms with Crippen molar-refractivity contribution in [3.05, 3.63) is 18.0 Å². The second kappa shape index (κ2) is 3.44. The molecule has 1 aliphatic rings. The van der Waals surface area contributed by atoms with Crippen molar-refractivity contribution < 1.29 is 8.78 Å². The molecule has 0 atom stereocenters. The molecule has 1 heterocycles. The average molecular weight is 186 g/mol. The van der Waals surface area contributed by atoms with E-state index in [1.807, 2.05) is 6.07 Å². The third kappa shape index (κ3) is 1.71. The van der Waals surface area contributed by atoms with Crippen LogP contribution in [0.15, 0.2) is 12.3 Å². The lowest BCUT2D eigenvalue weighted by Crippen LogP contribution is -2.17. The first-order valence-electron chi connectivity index (χ1n) is 4.57. The summed E-state index contributed by atoms with van der Waals surface area (Å²) in [6.45, 7) is -0.265. The number of nitrogens with zero attached hydrogens (tertiary/aromatic N) is 2. The molecule has 72 valence electrons. The normalized spacial score (nSPS) is 17.8. The Bertz CT molecular complexity index is 279. The fourth-order valence-electron chi connectivity index (χ4n) is 1.68. The summed E-state index contributed by atoms with van der Waals surface area (Å²) in [4.78, 5) is 0. The minimum atomic E-state index is -2.31. The zero-order valence-corrected chi connectivity index (χ0v) is 7.29. The van der Waals surface area contributed by atoms with E-state index in [1.165, 1.54) is 11.1 Å². The van der Waals surface area contributed by atoms with Crippen LogP contribution in [0.4, 0.5) is 8.78 Å². The van der Waals surface area contributed by atoms with Crippen LogP contribution in [0, 0.1) is 0 Å². The van der Waals surface area contributed by atoms with Gasteiger partial charge in [-0.15, -0.1) is 0 Å². The number of aromatic nitrogens is 2. The smallest absolute Gasteiger partial charge is 0.257 e. The van der Waals surface area contributed by atoms with E-state index < -0.39 is 6.43 Å². The van der Waals surface area contributed by atoms with Gasteiger partial charge in [0, 0.05) is 17.8 Å². The van der Waals surface area contributed by atoms with Gasteiger partial charge in [0.1, 0.15) is 6.54 Å². The number of hydrogen-bond acceptors (Lipinski definition) is 1. The molecule has 0 radical (unpaired) electrons. The quantitative estimate of drug-likeness (QED) is 0.708. The Hall–Kier alpha value is -0.930. The third-order valence-electron chi connectivity index (χ3n) is 2.58. The topological polar surface area (TPSA) is 17.8 Å². The van der Waals surface area contributed by atoms with E-state index in [1.54, 1.807) is 6.20 Å². The number of hydrogen-bond donors (Lipinski definition) is 0. The lowest BCUT2D eigenvalue weighted by Gasteiger charge is -2.25. The Kier molecular flexibility index (Phi) is 2.29. The van der Waals surface area contributed by atoms with Gasteiger partial charge < -0.3 is 0 Å². The second-order valence-corrected chi connectivity index (χ2v) is 3.46. The molecule has 1 aromatic rings. The van der Waals surface area contributed by atoms with Crippen molar-refractivity contribution in [2.24, 2.45) is 0 Å². The van der Waals surface area contributed by atoms with E-state index in [0.717, 1.165) is 18.5 Å². The van der Waals surface area contributed by atoms with Gasteiger partial charge in [0.15, 0.2) is 0 Å². The Labute approximate surface area is 75.6 Å². The van der Waals surface area contributed by atoms with Crippen molar-refractivity contribution in [2.75, 3.05) is 0 Å². The summed E-state index contributed by atoms with van der Waals surface area (Å²) in [6.07, 6.45) is 2.75. The molecule has 0 bridgehead atoms. The van der Waals surface area contributed by atoms with Crippen LogP contribution in [0.5, 0.6) is 0 Å². The molecule has 1 saturated carbocycles. The van der Waals surface area contributed by atoms with Crippen LogP contribution in [0.2, 0.25) is 0 Å². The van der Waals surface area contributed by atoms with Gasteiger partial charge in [-0.3, -0.25) is 4.68 Å². The monoisotopic (exact) mass is 186 g/mol. The van der Waals surface area contributed by atoms with E-state index in [4.69, 9.17) is 0 Å². The molecule has 0 saturated heterocycles. The van der Waals surface area contributed by atoms with Crippen molar-refractivity contribution in [1.29, 1.82) is 0 Å². The largest absolute Gasteiger partial charge is 0.264 e. The van der Waals surface area contributed by atoms with Gasteiger partial charge in [-0.2, -0.15) is 5.10 Å². The lowest BCUT2D eigenvalue weighted by atomic mass is 9.83. The molecular formula is C9H12F2N2. The SMILES string of the molecule is FC(F)Cn1nccc1C1CCC1. The van der Waals surface area contributed by atoms with Gasteiger partial charge in [-0.1, -0.05) is 6.42 Å². The van der Waals surface area contributed by atoms with Crippen molar-refractivity contribution >= 4 is 0 Å². The molecule has 0 unspecified atom stereocenters. The molecule has 2 nitrogen and oxygen atoms in total. The van der Waals surface area contributed by atoms with Crippen molar-refractivity contribution in [2.45, 2.75) is 38.2 Å². The van der Waals surface area contributed by atoms with Gasteiger partial charge in [-0.05, 0) is 18.9 Å². The first kappa shape index (κ1) is 8.66. The Morgan fingerprint density at radius 1 is 1.54 bits per heavy atom. The maximum atomic E-state index is 12.1. The highest BCUT2D eigenvalue weighted by atomic mass is 19.3. The van der Waals surface area contributed by atoms with Crippen LogP contribution in [0.3, 0.4) is 0 Å². The summed E-state index contributed by atoms with van der Waals surface area (Å²) in [5.41, 5.74) is 0.978. The Balaban J connectivity index is 2.10. The van der Waals surface area contributed by atoms with Crippen LogP contribution in [0.1, 0.15) is 30.9 Å². The molecule has 0 aliphatic heterocycles. The highest BCUT2D eigenvalue weighted by Crippen LogP contribution is 2.36. The van der Waals surface area contributed by atoms with Crippen molar-refractivity contribution in [3.63, 3.8) is 0 Å². The van der Waals surface area contributed by atoms with Crippen LogP contribution in [-0.2, 0) is 6.54 Å². The van der Waals surface area contributed by atoms with Gasteiger partial charge in [-0.25, -0.2) is 8.78 Å². The minimum absolute atomic E-state index is 0.265. The molecule has 13 heavy (non-hydrogen) atoms. The van der Waals surface area contributed by atoms with Crippen LogP contribution in [0.25, 0.3) is 0 Å². The molecule has 0 N–H and O–H groups in total. The predicted molar refractivity (Wildman–Crippen MR) is 44.8 cm³/mol. The number of rotatable bonds is 3. The lowest BCUT2D eigenvalue weighted by molar-refractivity contribution is 0.119. The number of alkyl halides is 2. The molecular weight excluding hydrogens is 174 g/mol.